The molecule has 22 heavy (non-hydrogen) atoms. The Morgan fingerprint density at radius 2 is 2.36 bits per heavy atom. The number of rotatable bonds is 5. The van der Waals surface area contributed by atoms with Crippen LogP contribution >= 0.6 is 35.3 Å². The highest BCUT2D eigenvalue weighted by Gasteiger charge is 2.17. The molecule has 0 saturated carbocycles. The van der Waals surface area contributed by atoms with E-state index in [4.69, 9.17) is 11.6 Å². The lowest BCUT2D eigenvalue weighted by molar-refractivity contribution is -0.121. The first-order valence-corrected chi connectivity index (χ1v) is 8.45. The van der Waals surface area contributed by atoms with Crippen LogP contribution in [0.25, 0.3) is 10.2 Å². The molecule has 0 bridgehead atoms. The number of hydrogen-bond acceptors (Lipinski definition) is 4. The molecule has 2 heterocycles. The zero-order valence-corrected chi connectivity index (χ0v) is 14.5. The van der Waals surface area contributed by atoms with Gasteiger partial charge in [-0.15, -0.1) is 23.7 Å². The van der Waals surface area contributed by atoms with Crippen LogP contribution in [0.3, 0.4) is 0 Å². The van der Waals surface area contributed by atoms with E-state index in [2.05, 4.69) is 15.6 Å². The molecule has 3 rings (SSSR count). The van der Waals surface area contributed by atoms with E-state index in [1.807, 2.05) is 18.2 Å². The molecule has 1 aliphatic heterocycles. The van der Waals surface area contributed by atoms with Gasteiger partial charge in [0.2, 0.25) is 5.91 Å². The van der Waals surface area contributed by atoms with Crippen molar-refractivity contribution in [1.82, 2.24) is 15.6 Å². The fourth-order valence-corrected chi connectivity index (χ4v) is 3.70. The average molecular weight is 360 g/mol. The maximum atomic E-state index is 11.8. The lowest BCUT2D eigenvalue weighted by atomic mass is 10.1. The van der Waals surface area contributed by atoms with Crippen molar-refractivity contribution in [3.05, 3.63) is 28.2 Å². The van der Waals surface area contributed by atoms with Gasteiger partial charge in [0, 0.05) is 30.5 Å². The Morgan fingerprint density at radius 1 is 1.50 bits per heavy atom. The third-order valence-corrected chi connectivity index (χ3v) is 4.98. The number of benzene rings is 1. The number of nitrogens with one attached hydrogen (secondary N) is 2. The largest absolute Gasteiger partial charge is 0.356 e. The molecule has 0 radical (unpaired) electrons. The highest BCUT2D eigenvalue weighted by molar-refractivity contribution is 7.18. The Bertz CT molecular complexity index is 641. The monoisotopic (exact) mass is 359 g/mol. The van der Waals surface area contributed by atoms with Crippen LogP contribution < -0.4 is 10.6 Å². The number of carbonyl (C=O) groups excluding carboxylic acids is 1. The molecule has 1 aliphatic rings. The first-order valence-electron chi connectivity index (χ1n) is 7.26. The van der Waals surface area contributed by atoms with Crippen molar-refractivity contribution in [3.63, 3.8) is 0 Å². The zero-order valence-electron chi connectivity index (χ0n) is 12.1. The fourth-order valence-electron chi connectivity index (χ4n) is 2.59. The van der Waals surface area contributed by atoms with Crippen LogP contribution in [0.5, 0.6) is 0 Å². The zero-order chi connectivity index (χ0) is 14.7. The van der Waals surface area contributed by atoms with Crippen molar-refractivity contribution in [2.75, 3.05) is 13.1 Å². The summed E-state index contributed by atoms with van der Waals surface area (Å²) in [6.45, 7) is 1.67. The molecule has 1 aromatic carbocycles. The molecule has 4 nitrogen and oxygen atoms in total. The minimum atomic E-state index is 0. The van der Waals surface area contributed by atoms with Crippen LogP contribution in [0, 0.1) is 0 Å². The van der Waals surface area contributed by atoms with Gasteiger partial charge in [0.1, 0.15) is 0 Å². The topological polar surface area (TPSA) is 54.0 Å². The SMILES string of the molecule is Cl.O=C(CC1CCCN1)NCCc1nc2cc(Cl)ccc2s1. The van der Waals surface area contributed by atoms with Gasteiger partial charge >= 0.3 is 0 Å². The van der Waals surface area contributed by atoms with Gasteiger partial charge in [0.25, 0.3) is 0 Å². The van der Waals surface area contributed by atoms with Crippen molar-refractivity contribution in [3.8, 4) is 0 Å². The number of amides is 1. The molecule has 1 aromatic heterocycles. The van der Waals surface area contributed by atoms with E-state index >= 15 is 0 Å². The van der Waals surface area contributed by atoms with Gasteiger partial charge in [0.15, 0.2) is 0 Å². The number of halogens is 2. The maximum Gasteiger partial charge on any atom is 0.221 e. The van der Waals surface area contributed by atoms with Gasteiger partial charge in [-0.1, -0.05) is 11.6 Å². The average Bonchev–Trinajstić information content (AvgIpc) is 3.07. The van der Waals surface area contributed by atoms with E-state index < -0.39 is 0 Å². The molecule has 1 fully saturated rings. The summed E-state index contributed by atoms with van der Waals surface area (Å²) >= 11 is 7.61. The first-order chi connectivity index (χ1) is 10.2. The standard InChI is InChI=1S/C15H18ClN3OS.ClH/c16-10-3-4-13-12(8-10)19-15(21-13)5-7-18-14(20)9-11-2-1-6-17-11;/h3-4,8,11,17H,1-2,5-7,9H2,(H,18,20);1H. The molecule has 0 aliphatic carbocycles. The molecule has 1 amide bonds. The molecule has 1 atom stereocenters. The Kier molecular flexibility index (Phi) is 6.44. The summed E-state index contributed by atoms with van der Waals surface area (Å²) in [5.41, 5.74) is 0.934. The predicted octanol–water partition coefficient (Wildman–Crippen LogP) is 3.17. The van der Waals surface area contributed by atoms with Gasteiger partial charge in [-0.05, 0) is 37.6 Å². The fraction of sp³-hybridized carbons (Fsp3) is 0.467. The van der Waals surface area contributed by atoms with Crippen LogP contribution in [0.1, 0.15) is 24.3 Å². The normalized spacial score (nSPS) is 17.4. The van der Waals surface area contributed by atoms with Crippen LogP contribution in [0.15, 0.2) is 18.2 Å². The molecule has 7 heteroatoms. The predicted molar refractivity (Wildman–Crippen MR) is 94.2 cm³/mol. The lowest BCUT2D eigenvalue weighted by Crippen LogP contribution is -2.32. The minimum Gasteiger partial charge on any atom is -0.356 e. The third-order valence-electron chi connectivity index (χ3n) is 3.65. The summed E-state index contributed by atoms with van der Waals surface area (Å²) in [5.74, 6) is 0.124. The molecule has 2 aromatic rings. The summed E-state index contributed by atoms with van der Waals surface area (Å²) in [4.78, 5) is 16.4. The Hall–Kier alpha value is -0.880. The molecular formula is C15H19Cl2N3OS. The highest BCUT2D eigenvalue weighted by atomic mass is 35.5. The van der Waals surface area contributed by atoms with E-state index in [-0.39, 0.29) is 18.3 Å². The van der Waals surface area contributed by atoms with E-state index in [9.17, 15) is 4.79 Å². The number of fused-ring (bicyclic) bond motifs is 1. The molecule has 2 N–H and O–H groups in total. The van der Waals surface area contributed by atoms with Gasteiger partial charge in [-0.3, -0.25) is 4.79 Å². The van der Waals surface area contributed by atoms with Gasteiger partial charge in [0.05, 0.1) is 15.2 Å². The number of carbonyl (C=O) groups is 1. The van der Waals surface area contributed by atoms with Gasteiger partial charge in [-0.25, -0.2) is 4.98 Å². The summed E-state index contributed by atoms with van der Waals surface area (Å²) in [5, 5.41) is 8.05. The van der Waals surface area contributed by atoms with E-state index in [1.165, 1.54) is 6.42 Å². The van der Waals surface area contributed by atoms with Crippen LogP contribution in [-0.2, 0) is 11.2 Å². The molecule has 0 spiro atoms. The van der Waals surface area contributed by atoms with Gasteiger partial charge in [-0.2, -0.15) is 0 Å². The third kappa shape index (κ3) is 4.56. The summed E-state index contributed by atoms with van der Waals surface area (Å²) in [7, 11) is 0. The van der Waals surface area contributed by atoms with Crippen molar-refractivity contribution < 1.29 is 4.79 Å². The van der Waals surface area contributed by atoms with Crippen LogP contribution in [0.2, 0.25) is 5.02 Å². The second-order valence-electron chi connectivity index (χ2n) is 5.32. The second-order valence-corrected chi connectivity index (χ2v) is 6.87. The number of thiazole rings is 1. The van der Waals surface area contributed by atoms with Crippen LogP contribution in [0.4, 0.5) is 0 Å². The number of nitrogens with zero attached hydrogens (tertiary/aromatic N) is 1. The Morgan fingerprint density at radius 3 is 3.14 bits per heavy atom. The molecule has 1 saturated heterocycles. The van der Waals surface area contributed by atoms with Crippen LogP contribution in [-0.4, -0.2) is 30.0 Å². The highest BCUT2D eigenvalue weighted by Crippen LogP contribution is 2.25. The van der Waals surface area contributed by atoms with E-state index in [0.717, 1.165) is 34.6 Å². The summed E-state index contributed by atoms with van der Waals surface area (Å²) < 4.78 is 1.14. The van der Waals surface area contributed by atoms with Crippen molar-refractivity contribution in [2.45, 2.75) is 31.7 Å². The quantitative estimate of drug-likeness (QED) is 0.861. The second kappa shape index (κ2) is 8.11. The summed E-state index contributed by atoms with van der Waals surface area (Å²) in [6.07, 6.45) is 3.62. The summed E-state index contributed by atoms with van der Waals surface area (Å²) in [6, 6.07) is 6.10. The molecule has 120 valence electrons. The first kappa shape index (κ1) is 17.5. The van der Waals surface area contributed by atoms with E-state index in [1.54, 1.807) is 11.3 Å². The van der Waals surface area contributed by atoms with Crippen molar-refractivity contribution in [1.29, 1.82) is 0 Å². The van der Waals surface area contributed by atoms with Gasteiger partial charge < -0.3 is 10.6 Å². The lowest BCUT2D eigenvalue weighted by Gasteiger charge is -2.09. The van der Waals surface area contributed by atoms with Crippen molar-refractivity contribution >= 4 is 51.5 Å². The Labute approximate surface area is 145 Å². The molecular weight excluding hydrogens is 341 g/mol. The maximum absolute atomic E-state index is 11.8. The molecule has 1 unspecified atom stereocenters. The number of hydrogen-bond donors (Lipinski definition) is 2. The van der Waals surface area contributed by atoms with Crippen molar-refractivity contribution in [2.24, 2.45) is 0 Å². The Balaban J connectivity index is 0.00000176. The minimum absolute atomic E-state index is 0. The van der Waals surface area contributed by atoms with E-state index in [0.29, 0.717) is 24.0 Å². The number of aromatic nitrogens is 1. The smallest absolute Gasteiger partial charge is 0.221 e.